The van der Waals surface area contributed by atoms with Crippen LogP contribution in [0.4, 0.5) is 17.1 Å². The zero-order valence-electron chi connectivity index (χ0n) is 18.9. The Balaban J connectivity index is 1.88. The van der Waals surface area contributed by atoms with Crippen molar-refractivity contribution in [2.24, 2.45) is 5.11 Å². The van der Waals surface area contributed by atoms with Crippen LogP contribution < -0.4 is 5.32 Å². The Hall–Kier alpha value is -2.87. The molecule has 0 unspecified atom stereocenters. The molecule has 0 amide bonds. The van der Waals surface area contributed by atoms with E-state index in [0.717, 1.165) is 25.0 Å². The smallest absolute Gasteiger partial charge is 0.292 e. The van der Waals surface area contributed by atoms with Crippen molar-refractivity contribution < 1.29 is 9.35 Å². The number of nitro groups is 1. The first-order valence-electron chi connectivity index (χ1n) is 10.3. The molecule has 0 bridgehead atoms. The number of benzene rings is 2. The molecule has 0 fully saturated rings. The van der Waals surface area contributed by atoms with E-state index >= 15 is 0 Å². The fraction of sp³-hybridized carbons (Fsp3) is 0.455. The molecule has 0 heterocycles. The van der Waals surface area contributed by atoms with Crippen LogP contribution in [0.15, 0.2) is 47.6 Å². The van der Waals surface area contributed by atoms with Crippen molar-refractivity contribution in [3.8, 4) is 0 Å². The van der Waals surface area contributed by atoms with Crippen molar-refractivity contribution in [2.45, 2.75) is 51.7 Å². The molecule has 0 saturated heterocycles. The van der Waals surface area contributed by atoms with Gasteiger partial charge in [0.05, 0.1) is 4.92 Å². The standard InChI is InChI=1S/C22H31N5O3Si/c1-22(2,3)31(4,5)30-15-13-18-8-6-17(7-9-18)12-14-24-20-11-10-19(25-26-23)16-21(20)27(28)29/h6-11,16,24H,12-15H2,1-5H3. The zero-order chi connectivity index (χ0) is 23.1. The SMILES string of the molecule is CC(C)(C)[Si](C)(C)OCCc1ccc(CCNc2ccc(N=[N+]=[N-])cc2[N+](=O)[O-])cc1. The molecule has 0 saturated carbocycles. The molecular formula is C22H31N5O3Si. The first-order chi connectivity index (χ1) is 14.5. The minimum atomic E-state index is -1.72. The Morgan fingerprint density at radius 3 is 2.29 bits per heavy atom. The number of nitrogens with zero attached hydrogens (tertiary/aromatic N) is 4. The second-order valence-electron chi connectivity index (χ2n) is 9.00. The molecule has 8 nitrogen and oxygen atoms in total. The summed E-state index contributed by atoms with van der Waals surface area (Å²) in [6, 6.07) is 12.8. The molecule has 31 heavy (non-hydrogen) atoms. The van der Waals surface area contributed by atoms with Crippen LogP contribution in [0.3, 0.4) is 0 Å². The number of nitro benzene ring substituents is 1. The van der Waals surface area contributed by atoms with Crippen molar-refractivity contribution in [1.82, 2.24) is 0 Å². The summed E-state index contributed by atoms with van der Waals surface area (Å²) < 4.78 is 6.24. The second-order valence-corrected chi connectivity index (χ2v) is 13.8. The van der Waals surface area contributed by atoms with Gasteiger partial charge in [0.1, 0.15) is 5.69 Å². The van der Waals surface area contributed by atoms with Gasteiger partial charge in [-0.25, -0.2) is 0 Å². The first-order valence-corrected chi connectivity index (χ1v) is 13.2. The van der Waals surface area contributed by atoms with Gasteiger partial charge in [-0.3, -0.25) is 10.1 Å². The number of hydrogen-bond donors (Lipinski definition) is 1. The van der Waals surface area contributed by atoms with Gasteiger partial charge >= 0.3 is 0 Å². The predicted octanol–water partition coefficient (Wildman–Crippen LogP) is 6.76. The number of azide groups is 1. The fourth-order valence-electron chi connectivity index (χ4n) is 2.79. The van der Waals surface area contributed by atoms with Gasteiger partial charge < -0.3 is 9.74 Å². The summed E-state index contributed by atoms with van der Waals surface area (Å²) in [6.45, 7) is 12.5. The van der Waals surface area contributed by atoms with E-state index in [1.165, 1.54) is 11.6 Å². The minimum Gasteiger partial charge on any atom is -0.416 e. The highest BCUT2D eigenvalue weighted by atomic mass is 28.4. The quantitative estimate of drug-likeness (QED) is 0.110. The van der Waals surface area contributed by atoms with E-state index in [2.05, 4.69) is 73.5 Å². The van der Waals surface area contributed by atoms with E-state index in [-0.39, 0.29) is 16.4 Å². The lowest BCUT2D eigenvalue weighted by atomic mass is 10.1. The zero-order valence-corrected chi connectivity index (χ0v) is 19.9. The molecular weight excluding hydrogens is 410 g/mol. The summed E-state index contributed by atoms with van der Waals surface area (Å²) in [5, 5.41) is 18.0. The van der Waals surface area contributed by atoms with Crippen LogP contribution in [0.25, 0.3) is 10.4 Å². The highest BCUT2D eigenvalue weighted by molar-refractivity contribution is 6.74. The maximum absolute atomic E-state index is 11.3. The summed E-state index contributed by atoms with van der Waals surface area (Å²) >= 11 is 0. The minimum absolute atomic E-state index is 0.109. The van der Waals surface area contributed by atoms with Crippen LogP contribution in [0.1, 0.15) is 31.9 Å². The van der Waals surface area contributed by atoms with E-state index in [0.29, 0.717) is 12.2 Å². The van der Waals surface area contributed by atoms with Gasteiger partial charge in [-0.2, -0.15) is 0 Å². The molecule has 0 aliphatic carbocycles. The van der Waals surface area contributed by atoms with E-state index in [9.17, 15) is 10.1 Å². The van der Waals surface area contributed by atoms with Crippen LogP contribution in [0, 0.1) is 10.1 Å². The van der Waals surface area contributed by atoms with Gasteiger partial charge in [0, 0.05) is 29.8 Å². The molecule has 2 aromatic carbocycles. The second kappa shape index (κ2) is 10.4. The number of hydrogen-bond acceptors (Lipinski definition) is 5. The van der Waals surface area contributed by atoms with Crippen LogP contribution in [0.5, 0.6) is 0 Å². The van der Waals surface area contributed by atoms with Crippen molar-refractivity contribution in [1.29, 1.82) is 0 Å². The topological polar surface area (TPSA) is 113 Å². The summed E-state index contributed by atoms with van der Waals surface area (Å²) in [7, 11) is -1.72. The molecule has 0 aliphatic heterocycles. The Morgan fingerprint density at radius 2 is 1.74 bits per heavy atom. The third kappa shape index (κ3) is 7.10. The molecule has 1 N–H and O–H groups in total. The molecule has 0 spiro atoms. The summed E-state index contributed by atoms with van der Waals surface area (Å²) in [5.74, 6) is 0. The number of rotatable bonds is 10. The van der Waals surface area contributed by atoms with Crippen molar-refractivity contribution in [2.75, 3.05) is 18.5 Å². The van der Waals surface area contributed by atoms with Gasteiger partial charge in [0.25, 0.3) is 5.69 Å². The lowest BCUT2D eigenvalue weighted by Gasteiger charge is -2.36. The van der Waals surface area contributed by atoms with Gasteiger partial charge in [0.2, 0.25) is 0 Å². The highest BCUT2D eigenvalue weighted by Crippen LogP contribution is 2.36. The summed E-state index contributed by atoms with van der Waals surface area (Å²) in [4.78, 5) is 13.5. The molecule has 0 radical (unpaired) electrons. The van der Waals surface area contributed by atoms with Crippen molar-refractivity contribution in [3.63, 3.8) is 0 Å². The maximum Gasteiger partial charge on any atom is 0.292 e. The fourth-order valence-corrected chi connectivity index (χ4v) is 3.83. The predicted molar refractivity (Wildman–Crippen MR) is 127 cm³/mol. The van der Waals surface area contributed by atoms with Gasteiger partial charge in [-0.15, -0.1) is 0 Å². The molecule has 166 valence electrons. The average molecular weight is 442 g/mol. The van der Waals surface area contributed by atoms with Gasteiger partial charge in [-0.05, 0) is 53.7 Å². The highest BCUT2D eigenvalue weighted by Gasteiger charge is 2.36. The molecule has 0 atom stereocenters. The van der Waals surface area contributed by atoms with E-state index in [1.807, 2.05) is 0 Å². The van der Waals surface area contributed by atoms with Crippen LogP contribution >= 0.6 is 0 Å². The summed E-state index contributed by atoms with van der Waals surface area (Å²) in [6.07, 6.45) is 1.62. The van der Waals surface area contributed by atoms with E-state index in [4.69, 9.17) is 9.96 Å². The largest absolute Gasteiger partial charge is 0.416 e. The third-order valence-corrected chi connectivity index (χ3v) is 10.3. The first kappa shape index (κ1) is 24.4. The molecule has 9 heteroatoms. The summed E-state index contributed by atoms with van der Waals surface area (Å²) in [5.41, 5.74) is 11.4. The lowest BCUT2D eigenvalue weighted by molar-refractivity contribution is -0.383. The third-order valence-electron chi connectivity index (χ3n) is 5.75. The van der Waals surface area contributed by atoms with E-state index < -0.39 is 13.2 Å². The average Bonchev–Trinajstić information content (AvgIpc) is 2.69. The lowest BCUT2D eigenvalue weighted by Crippen LogP contribution is -2.41. The molecule has 2 aromatic rings. The Morgan fingerprint density at radius 1 is 1.13 bits per heavy atom. The Kier molecular flexibility index (Phi) is 8.21. The molecule has 2 rings (SSSR count). The van der Waals surface area contributed by atoms with Crippen LogP contribution in [-0.4, -0.2) is 26.4 Å². The molecule has 0 aliphatic rings. The Bertz CT molecular complexity index is 949. The molecule has 0 aromatic heterocycles. The normalized spacial score (nSPS) is 11.6. The van der Waals surface area contributed by atoms with Crippen molar-refractivity contribution in [3.05, 3.63) is 74.1 Å². The number of anilines is 1. The Labute approximate surface area is 184 Å². The maximum atomic E-state index is 11.3. The monoisotopic (exact) mass is 441 g/mol. The van der Waals surface area contributed by atoms with Crippen molar-refractivity contribution >= 4 is 25.4 Å². The van der Waals surface area contributed by atoms with Gasteiger partial charge in [-0.1, -0.05) is 56.2 Å². The van der Waals surface area contributed by atoms with Crippen LogP contribution in [0.2, 0.25) is 18.1 Å². The van der Waals surface area contributed by atoms with Gasteiger partial charge in [0.15, 0.2) is 8.32 Å². The van der Waals surface area contributed by atoms with Crippen LogP contribution in [-0.2, 0) is 17.3 Å². The van der Waals surface area contributed by atoms with E-state index in [1.54, 1.807) is 12.1 Å². The number of nitrogens with one attached hydrogen (secondary N) is 1.